The van der Waals surface area contributed by atoms with Gasteiger partial charge in [0.15, 0.2) is 6.61 Å². The van der Waals surface area contributed by atoms with Crippen LogP contribution in [0.15, 0.2) is 54.6 Å². The zero-order valence-electron chi connectivity index (χ0n) is 11.6. The van der Waals surface area contributed by atoms with Crippen molar-refractivity contribution in [2.45, 2.75) is 0 Å². The number of likely N-dealkylation sites (N-methyl/N-ethyl adjacent to an activating group) is 1. The minimum atomic E-state index is -0.123. The van der Waals surface area contributed by atoms with Gasteiger partial charge in [-0.05, 0) is 24.3 Å². The molecule has 2 aromatic rings. The smallest absolute Gasteiger partial charge is 0.264 e. The van der Waals surface area contributed by atoms with Crippen molar-refractivity contribution in [3.05, 3.63) is 54.6 Å². The third-order valence-corrected chi connectivity index (χ3v) is 2.92. The van der Waals surface area contributed by atoms with E-state index in [-0.39, 0.29) is 12.5 Å². The molecule has 104 valence electrons. The van der Waals surface area contributed by atoms with Crippen molar-refractivity contribution in [3.63, 3.8) is 0 Å². The Morgan fingerprint density at radius 1 is 1.05 bits per heavy atom. The molecule has 0 saturated carbocycles. The molecule has 2 aromatic carbocycles. The van der Waals surface area contributed by atoms with Crippen LogP contribution in [0.1, 0.15) is 0 Å². The number of hydrogen-bond donors (Lipinski definition) is 0. The van der Waals surface area contributed by atoms with Crippen LogP contribution in [-0.4, -0.2) is 26.7 Å². The summed E-state index contributed by atoms with van der Waals surface area (Å²) in [4.78, 5) is 13.6. The number of amides is 1. The lowest BCUT2D eigenvalue weighted by Gasteiger charge is -2.18. The van der Waals surface area contributed by atoms with Crippen LogP contribution in [0, 0.1) is 0 Å². The van der Waals surface area contributed by atoms with Gasteiger partial charge >= 0.3 is 0 Å². The van der Waals surface area contributed by atoms with Crippen LogP contribution < -0.4 is 14.4 Å². The molecule has 0 bridgehead atoms. The van der Waals surface area contributed by atoms with Crippen LogP contribution in [0.3, 0.4) is 0 Å². The predicted octanol–water partition coefficient (Wildman–Crippen LogP) is 2.74. The molecular formula is C16H17NO3. The summed E-state index contributed by atoms with van der Waals surface area (Å²) >= 11 is 0. The normalized spacial score (nSPS) is 9.90. The Morgan fingerprint density at radius 3 is 2.45 bits per heavy atom. The lowest BCUT2D eigenvalue weighted by molar-refractivity contribution is -0.120. The molecule has 4 nitrogen and oxygen atoms in total. The minimum Gasteiger partial charge on any atom is -0.497 e. The molecule has 0 unspecified atom stereocenters. The van der Waals surface area contributed by atoms with Gasteiger partial charge < -0.3 is 14.4 Å². The number of methoxy groups -OCH3 is 1. The molecule has 1 amide bonds. The average molecular weight is 271 g/mol. The van der Waals surface area contributed by atoms with Gasteiger partial charge in [0.2, 0.25) is 0 Å². The van der Waals surface area contributed by atoms with E-state index < -0.39 is 0 Å². The molecule has 0 aliphatic heterocycles. The Bertz CT molecular complexity index is 569. The van der Waals surface area contributed by atoms with Crippen LogP contribution in [-0.2, 0) is 4.79 Å². The molecule has 0 spiro atoms. The largest absolute Gasteiger partial charge is 0.497 e. The van der Waals surface area contributed by atoms with E-state index in [0.29, 0.717) is 11.5 Å². The summed E-state index contributed by atoms with van der Waals surface area (Å²) in [5.74, 6) is 1.27. The summed E-state index contributed by atoms with van der Waals surface area (Å²) in [6.45, 7) is -0.00226. The molecule has 20 heavy (non-hydrogen) atoms. The molecule has 0 aliphatic carbocycles. The average Bonchev–Trinajstić information content (AvgIpc) is 2.53. The van der Waals surface area contributed by atoms with E-state index in [0.717, 1.165) is 5.69 Å². The zero-order valence-corrected chi connectivity index (χ0v) is 11.6. The molecule has 0 aromatic heterocycles. The molecule has 0 aliphatic rings. The molecule has 0 atom stereocenters. The number of nitrogens with zero attached hydrogens (tertiary/aromatic N) is 1. The van der Waals surface area contributed by atoms with E-state index in [4.69, 9.17) is 9.47 Å². The summed E-state index contributed by atoms with van der Waals surface area (Å²) in [5, 5.41) is 0. The third kappa shape index (κ3) is 3.51. The predicted molar refractivity (Wildman–Crippen MR) is 78.3 cm³/mol. The van der Waals surface area contributed by atoms with Gasteiger partial charge in [-0.1, -0.05) is 24.3 Å². The van der Waals surface area contributed by atoms with Crippen molar-refractivity contribution >= 4 is 11.6 Å². The monoisotopic (exact) mass is 271 g/mol. The Hall–Kier alpha value is -2.49. The van der Waals surface area contributed by atoms with Gasteiger partial charge in [0.25, 0.3) is 5.91 Å². The highest BCUT2D eigenvalue weighted by molar-refractivity contribution is 5.94. The molecule has 0 fully saturated rings. The van der Waals surface area contributed by atoms with Crippen molar-refractivity contribution < 1.29 is 14.3 Å². The number of ether oxygens (including phenoxy) is 2. The summed E-state index contributed by atoms with van der Waals surface area (Å²) in [5.41, 5.74) is 0.769. The van der Waals surface area contributed by atoms with Gasteiger partial charge in [-0.3, -0.25) is 4.79 Å². The number of para-hydroxylation sites is 1. The third-order valence-electron chi connectivity index (χ3n) is 2.92. The molecular weight excluding hydrogens is 254 g/mol. The van der Waals surface area contributed by atoms with E-state index in [9.17, 15) is 4.79 Å². The first-order valence-electron chi connectivity index (χ1n) is 6.29. The van der Waals surface area contributed by atoms with Gasteiger partial charge in [0.05, 0.1) is 7.11 Å². The Kier molecular flexibility index (Phi) is 4.60. The Labute approximate surface area is 118 Å². The van der Waals surface area contributed by atoms with Crippen molar-refractivity contribution in [1.82, 2.24) is 0 Å². The second-order valence-corrected chi connectivity index (χ2v) is 4.26. The van der Waals surface area contributed by atoms with Crippen molar-refractivity contribution in [3.8, 4) is 11.5 Å². The number of anilines is 1. The first-order chi connectivity index (χ1) is 9.70. The Balaban J connectivity index is 1.98. The van der Waals surface area contributed by atoms with Crippen molar-refractivity contribution in [1.29, 1.82) is 0 Å². The maximum Gasteiger partial charge on any atom is 0.264 e. The standard InChI is InChI=1S/C16H17NO3/c1-17(13-7-6-10-15(11-13)19-2)16(18)12-20-14-8-4-3-5-9-14/h3-11H,12H2,1-2H3. The van der Waals surface area contributed by atoms with Crippen molar-refractivity contribution in [2.75, 3.05) is 25.7 Å². The van der Waals surface area contributed by atoms with Gasteiger partial charge in [0, 0.05) is 18.8 Å². The molecule has 0 heterocycles. The van der Waals surface area contributed by atoms with Crippen LogP contribution >= 0.6 is 0 Å². The second kappa shape index (κ2) is 6.61. The molecule has 4 heteroatoms. The van der Waals surface area contributed by atoms with Gasteiger partial charge in [0.1, 0.15) is 11.5 Å². The number of hydrogen-bond acceptors (Lipinski definition) is 3. The maximum absolute atomic E-state index is 12.1. The fourth-order valence-corrected chi connectivity index (χ4v) is 1.72. The number of benzene rings is 2. The van der Waals surface area contributed by atoms with E-state index in [1.807, 2.05) is 48.5 Å². The van der Waals surface area contributed by atoms with E-state index in [2.05, 4.69) is 0 Å². The van der Waals surface area contributed by atoms with E-state index in [1.54, 1.807) is 25.1 Å². The highest BCUT2D eigenvalue weighted by Gasteiger charge is 2.12. The highest BCUT2D eigenvalue weighted by Crippen LogP contribution is 2.20. The summed E-state index contributed by atoms with van der Waals surface area (Å²) in [6, 6.07) is 16.6. The summed E-state index contributed by atoms with van der Waals surface area (Å²) in [7, 11) is 3.31. The molecule has 0 N–H and O–H groups in total. The maximum atomic E-state index is 12.1. The van der Waals surface area contributed by atoms with Crippen LogP contribution in [0.5, 0.6) is 11.5 Å². The lowest BCUT2D eigenvalue weighted by Crippen LogP contribution is -2.31. The highest BCUT2D eigenvalue weighted by atomic mass is 16.5. The zero-order chi connectivity index (χ0) is 14.4. The lowest BCUT2D eigenvalue weighted by atomic mass is 10.3. The number of carbonyl (C=O) groups excluding carboxylic acids is 1. The molecule has 0 radical (unpaired) electrons. The van der Waals surface area contributed by atoms with Crippen LogP contribution in [0.25, 0.3) is 0 Å². The first-order valence-corrected chi connectivity index (χ1v) is 6.29. The second-order valence-electron chi connectivity index (χ2n) is 4.26. The number of carbonyl (C=O) groups is 1. The fourth-order valence-electron chi connectivity index (χ4n) is 1.72. The van der Waals surface area contributed by atoms with Crippen molar-refractivity contribution in [2.24, 2.45) is 0 Å². The summed E-state index contributed by atoms with van der Waals surface area (Å²) < 4.78 is 10.6. The minimum absolute atomic E-state index is 0.00226. The fraction of sp³-hybridized carbons (Fsp3) is 0.188. The quantitative estimate of drug-likeness (QED) is 0.839. The van der Waals surface area contributed by atoms with E-state index in [1.165, 1.54) is 0 Å². The van der Waals surface area contributed by atoms with Gasteiger partial charge in [-0.25, -0.2) is 0 Å². The topological polar surface area (TPSA) is 38.8 Å². The van der Waals surface area contributed by atoms with E-state index >= 15 is 0 Å². The SMILES string of the molecule is COc1cccc(N(C)C(=O)COc2ccccc2)c1. The molecule has 0 saturated heterocycles. The van der Waals surface area contributed by atoms with Crippen LogP contribution in [0.4, 0.5) is 5.69 Å². The first kappa shape index (κ1) is 13.9. The molecule has 2 rings (SSSR count). The van der Waals surface area contributed by atoms with Gasteiger partial charge in [-0.15, -0.1) is 0 Å². The number of rotatable bonds is 5. The summed E-state index contributed by atoms with van der Waals surface area (Å²) in [6.07, 6.45) is 0. The van der Waals surface area contributed by atoms with Crippen LogP contribution in [0.2, 0.25) is 0 Å². The Morgan fingerprint density at radius 2 is 1.75 bits per heavy atom. The van der Waals surface area contributed by atoms with Gasteiger partial charge in [-0.2, -0.15) is 0 Å².